The Morgan fingerprint density at radius 2 is 2.17 bits per heavy atom. The molecule has 1 aromatic rings. The highest BCUT2D eigenvalue weighted by Crippen LogP contribution is 2.26. The molecular weight excluding hydrogens is 386 g/mol. The van der Waals surface area contributed by atoms with Crippen molar-refractivity contribution in [3.63, 3.8) is 0 Å². The van der Waals surface area contributed by atoms with Crippen LogP contribution < -0.4 is 10.6 Å². The number of rotatable bonds is 6. The summed E-state index contributed by atoms with van der Waals surface area (Å²) in [5.41, 5.74) is -0.532. The molecule has 2 fully saturated rings. The van der Waals surface area contributed by atoms with E-state index in [4.69, 9.17) is 5.41 Å². The van der Waals surface area contributed by atoms with Gasteiger partial charge in [-0.2, -0.15) is 0 Å². The number of likely N-dealkylation sites (tertiary alicyclic amines) is 1. The first-order valence-corrected chi connectivity index (χ1v) is 10.3. The molecule has 2 atom stereocenters. The summed E-state index contributed by atoms with van der Waals surface area (Å²) < 4.78 is 0. The molecule has 2 aliphatic heterocycles. The molecule has 3 amide bonds. The van der Waals surface area contributed by atoms with E-state index in [1.807, 2.05) is 6.92 Å². The lowest BCUT2D eigenvalue weighted by Crippen LogP contribution is -2.51. The van der Waals surface area contributed by atoms with Gasteiger partial charge in [0.05, 0.1) is 18.9 Å². The predicted molar refractivity (Wildman–Crippen MR) is 111 cm³/mol. The molecule has 9 heteroatoms. The third kappa shape index (κ3) is 4.55. The largest absolute Gasteiger partial charge is 0.508 e. The third-order valence-corrected chi connectivity index (χ3v) is 5.63. The molecule has 2 unspecified atom stereocenters. The Hall–Kier alpha value is -3.10. The number of benzene rings is 1. The van der Waals surface area contributed by atoms with Gasteiger partial charge in [-0.25, -0.2) is 0 Å². The number of carbonyl (C=O) groups excluding carboxylic acids is 3. The van der Waals surface area contributed by atoms with Crippen LogP contribution in [0.2, 0.25) is 0 Å². The van der Waals surface area contributed by atoms with Crippen molar-refractivity contribution in [2.45, 2.75) is 45.2 Å². The van der Waals surface area contributed by atoms with Crippen LogP contribution in [-0.4, -0.2) is 63.8 Å². The Kier molecular flexibility index (Phi) is 6.28. The fraction of sp³-hybridized carbons (Fsp3) is 0.524. The van der Waals surface area contributed by atoms with Crippen LogP contribution in [0.25, 0.3) is 0 Å². The second-order valence-corrected chi connectivity index (χ2v) is 8.12. The zero-order valence-corrected chi connectivity index (χ0v) is 17.4. The summed E-state index contributed by atoms with van der Waals surface area (Å²) in [5.74, 6) is -0.833. The second-order valence-electron chi connectivity index (χ2n) is 8.12. The Balaban J connectivity index is 1.65. The van der Waals surface area contributed by atoms with Crippen LogP contribution in [0.15, 0.2) is 24.3 Å². The highest BCUT2D eigenvalue weighted by Gasteiger charge is 2.48. The number of hydrogen-bond donors (Lipinski definition) is 4. The fourth-order valence-corrected chi connectivity index (χ4v) is 4.04. The summed E-state index contributed by atoms with van der Waals surface area (Å²) in [6, 6.07) is 6.51. The first kappa shape index (κ1) is 21.6. The topological polar surface area (TPSA) is 126 Å². The fourth-order valence-electron chi connectivity index (χ4n) is 4.04. The summed E-state index contributed by atoms with van der Waals surface area (Å²) in [7, 11) is 0. The van der Waals surface area contributed by atoms with Crippen LogP contribution in [0.3, 0.4) is 0 Å². The van der Waals surface area contributed by atoms with Crippen LogP contribution in [0, 0.1) is 11.3 Å². The molecule has 0 aromatic heterocycles. The zero-order valence-electron chi connectivity index (χ0n) is 17.4. The molecule has 9 nitrogen and oxygen atoms in total. The van der Waals surface area contributed by atoms with Gasteiger partial charge < -0.3 is 20.6 Å². The first-order valence-electron chi connectivity index (χ1n) is 10.3. The number of aromatic hydroxyl groups is 1. The first-order chi connectivity index (χ1) is 14.2. The summed E-state index contributed by atoms with van der Waals surface area (Å²) in [6.07, 6.45) is 1.39. The van der Waals surface area contributed by atoms with Crippen molar-refractivity contribution in [3.8, 4) is 5.75 Å². The van der Waals surface area contributed by atoms with Gasteiger partial charge in [-0.1, -0.05) is 12.1 Å². The monoisotopic (exact) mass is 415 g/mol. The molecule has 0 radical (unpaired) electrons. The summed E-state index contributed by atoms with van der Waals surface area (Å²) in [5, 5.41) is 23.5. The van der Waals surface area contributed by atoms with Gasteiger partial charge in [0.2, 0.25) is 11.8 Å². The van der Waals surface area contributed by atoms with Crippen LogP contribution in [0.4, 0.5) is 0 Å². The van der Waals surface area contributed by atoms with Crippen molar-refractivity contribution < 1.29 is 19.5 Å². The van der Waals surface area contributed by atoms with Gasteiger partial charge in [0, 0.05) is 19.6 Å². The number of guanidine groups is 1. The molecule has 2 aliphatic rings. The smallest absolute Gasteiger partial charge is 0.255 e. The van der Waals surface area contributed by atoms with Gasteiger partial charge >= 0.3 is 0 Å². The van der Waals surface area contributed by atoms with Gasteiger partial charge in [0.15, 0.2) is 5.96 Å². The van der Waals surface area contributed by atoms with Crippen LogP contribution >= 0.6 is 0 Å². The number of nitrogens with zero attached hydrogens (tertiary/aromatic N) is 2. The molecule has 0 spiro atoms. The van der Waals surface area contributed by atoms with E-state index in [0.29, 0.717) is 25.2 Å². The minimum atomic E-state index is -1.22. The van der Waals surface area contributed by atoms with Crippen LogP contribution in [0.5, 0.6) is 5.75 Å². The minimum Gasteiger partial charge on any atom is -0.508 e. The number of carbonyl (C=O) groups is 3. The van der Waals surface area contributed by atoms with E-state index < -0.39 is 5.54 Å². The van der Waals surface area contributed by atoms with Crippen molar-refractivity contribution in [1.82, 2.24) is 20.4 Å². The van der Waals surface area contributed by atoms with Gasteiger partial charge in [-0.05, 0) is 44.4 Å². The maximum Gasteiger partial charge on any atom is 0.255 e. The van der Waals surface area contributed by atoms with E-state index in [-0.39, 0.29) is 48.3 Å². The molecule has 0 saturated carbocycles. The molecule has 0 bridgehead atoms. The third-order valence-electron chi connectivity index (χ3n) is 5.63. The highest BCUT2D eigenvalue weighted by molar-refractivity contribution is 6.09. The van der Waals surface area contributed by atoms with Gasteiger partial charge in [-0.3, -0.25) is 24.7 Å². The molecular formula is C21H29N5O4. The minimum absolute atomic E-state index is 0.0460. The second kappa shape index (κ2) is 8.73. The van der Waals surface area contributed by atoms with Crippen molar-refractivity contribution in [1.29, 1.82) is 5.41 Å². The normalized spacial score (nSPS) is 24.0. The number of nitrogens with one attached hydrogen (secondary N) is 3. The van der Waals surface area contributed by atoms with Crippen molar-refractivity contribution in [3.05, 3.63) is 29.8 Å². The lowest BCUT2D eigenvalue weighted by Gasteiger charge is -2.34. The highest BCUT2D eigenvalue weighted by atomic mass is 16.3. The number of amides is 3. The summed E-state index contributed by atoms with van der Waals surface area (Å²) in [4.78, 5) is 41.0. The molecule has 4 N–H and O–H groups in total. The maximum absolute atomic E-state index is 13.0. The molecule has 2 heterocycles. The maximum atomic E-state index is 13.0. The molecule has 162 valence electrons. The number of phenolic OH excluding ortho intramolecular Hbond substituents is 1. The quantitative estimate of drug-likeness (QED) is 0.546. The summed E-state index contributed by atoms with van der Waals surface area (Å²) in [6.45, 7) is 5.07. The van der Waals surface area contributed by atoms with E-state index in [0.717, 1.165) is 12.8 Å². The van der Waals surface area contributed by atoms with Gasteiger partial charge in [0.25, 0.3) is 5.91 Å². The Labute approximate surface area is 175 Å². The number of piperidine rings is 1. The van der Waals surface area contributed by atoms with Gasteiger partial charge in [-0.15, -0.1) is 0 Å². The average Bonchev–Trinajstić information content (AvgIpc) is 2.91. The van der Waals surface area contributed by atoms with Crippen LogP contribution in [-0.2, 0) is 20.9 Å². The Morgan fingerprint density at radius 3 is 2.87 bits per heavy atom. The molecule has 1 aromatic carbocycles. The molecule has 2 saturated heterocycles. The number of hydrogen-bond acceptors (Lipinski definition) is 5. The lowest BCUT2D eigenvalue weighted by atomic mass is 9.93. The molecule has 3 rings (SSSR count). The van der Waals surface area contributed by atoms with E-state index in [1.54, 1.807) is 24.0 Å². The molecule has 30 heavy (non-hydrogen) atoms. The van der Waals surface area contributed by atoms with Crippen LogP contribution in [0.1, 0.15) is 38.7 Å². The standard InChI is InChI=1S/C21H29N5O4/c1-3-23-18(29)15-7-5-9-25(13-15)17(28)11-21(2)19(30)26(20(22)24-21)12-14-6-4-8-16(27)10-14/h4,6,8,10,15,27H,3,5,7,9,11-13H2,1-2H3,(H2,22,24)(H,23,29). The van der Waals surface area contributed by atoms with E-state index in [9.17, 15) is 19.5 Å². The van der Waals surface area contributed by atoms with E-state index in [1.165, 1.54) is 17.0 Å². The van der Waals surface area contributed by atoms with Crippen molar-refractivity contribution >= 4 is 23.7 Å². The molecule has 0 aliphatic carbocycles. The predicted octanol–water partition coefficient (Wildman–Crippen LogP) is 0.782. The lowest BCUT2D eigenvalue weighted by molar-refractivity contribution is -0.141. The van der Waals surface area contributed by atoms with Crippen molar-refractivity contribution in [2.75, 3.05) is 19.6 Å². The van der Waals surface area contributed by atoms with Crippen molar-refractivity contribution in [2.24, 2.45) is 5.92 Å². The zero-order chi connectivity index (χ0) is 21.9. The Morgan fingerprint density at radius 1 is 1.40 bits per heavy atom. The summed E-state index contributed by atoms with van der Waals surface area (Å²) >= 11 is 0. The Bertz CT molecular complexity index is 858. The SMILES string of the molecule is CCNC(=O)C1CCCN(C(=O)CC2(C)NC(=N)N(Cc3cccc(O)c3)C2=O)C1. The van der Waals surface area contributed by atoms with E-state index >= 15 is 0 Å². The van der Waals surface area contributed by atoms with Gasteiger partial charge in [0.1, 0.15) is 11.3 Å². The number of phenols is 1. The average molecular weight is 415 g/mol. The van der Waals surface area contributed by atoms with E-state index in [2.05, 4.69) is 10.6 Å².